The van der Waals surface area contributed by atoms with E-state index in [1.54, 1.807) is 42.7 Å². The van der Waals surface area contributed by atoms with Gasteiger partial charge in [0, 0.05) is 28.7 Å². The minimum atomic E-state index is -4.62. The number of hydrogen-bond donors (Lipinski definition) is 2. The van der Waals surface area contributed by atoms with Crippen LogP contribution in [-0.4, -0.2) is 34.9 Å². The van der Waals surface area contributed by atoms with E-state index in [4.69, 9.17) is 0 Å². The van der Waals surface area contributed by atoms with Crippen LogP contribution in [0, 0.1) is 12.7 Å². The van der Waals surface area contributed by atoms with Crippen molar-refractivity contribution in [3.05, 3.63) is 84.6 Å². The van der Waals surface area contributed by atoms with Gasteiger partial charge in [-0.05, 0) is 61.0 Å². The maximum absolute atomic E-state index is 14.4. The molecular formula is C23H16F4N8. The molecule has 2 aromatic carbocycles. The van der Waals surface area contributed by atoms with Gasteiger partial charge in [-0.3, -0.25) is 5.10 Å². The molecule has 0 aliphatic carbocycles. The van der Waals surface area contributed by atoms with E-state index in [1.165, 1.54) is 12.1 Å². The second kappa shape index (κ2) is 8.63. The van der Waals surface area contributed by atoms with Crippen molar-refractivity contribution in [2.24, 2.45) is 0 Å². The van der Waals surface area contributed by atoms with E-state index in [1.807, 2.05) is 13.0 Å². The van der Waals surface area contributed by atoms with Gasteiger partial charge in [-0.15, -0.1) is 5.10 Å². The van der Waals surface area contributed by atoms with Crippen LogP contribution in [-0.2, 0) is 6.18 Å². The maximum atomic E-state index is 14.4. The van der Waals surface area contributed by atoms with Crippen molar-refractivity contribution < 1.29 is 17.6 Å². The number of nitrogens with zero attached hydrogens (tertiary/aromatic N) is 6. The van der Waals surface area contributed by atoms with Gasteiger partial charge < -0.3 is 5.32 Å². The Morgan fingerprint density at radius 2 is 1.74 bits per heavy atom. The predicted octanol–water partition coefficient (Wildman–Crippen LogP) is 5.32. The largest absolute Gasteiger partial charge is 0.453 e. The molecule has 3 aromatic heterocycles. The van der Waals surface area contributed by atoms with Crippen LogP contribution in [0.25, 0.3) is 28.1 Å². The van der Waals surface area contributed by atoms with Crippen molar-refractivity contribution in [2.75, 3.05) is 5.32 Å². The average molecular weight is 480 g/mol. The number of aromatic amines is 1. The molecule has 0 amide bonds. The zero-order valence-electron chi connectivity index (χ0n) is 18.0. The molecule has 35 heavy (non-hydrogen) atoms. The molecule has 12 heteroatoms. The van der Waals surface area contributed by atoms with Crippen LogP contribution in [0.5, 0.6) is 0 Å². The zero-order chi connectivity index (χ0) is 24.6. The Hall–Kier alpha value is -4.61. The highest BCUT2D eigenvalue weighted by atomic mass is 19.4. The highest BCUT2D eigenvalue weighted by Gasteiger charge is 2.35. The Bertz CT molecular complexity index is 1490. The summed E-state index contributed by atoms with van der Waals surface area (Å²) >= 11 is 0. The topological polar surface area (TPSA) is 97.2 Å². The third kappa shape index (κ3) is 4.71. The Morgan fingerprint density at radius 1 is 0.971 bits per heavy atom. The van der Waals surface area contributed by atoms with Crippen molar-refractivity contribution in [1.82, 2.24) is 34.9 Å². The number of rotatable bonds is 5. The van der Waals surface area contributed by atoms with E-state index in [-0.39, 0.29) is 5.95 Å². The van der Waals surface area contributed by atoms with Crippen LogP contribution in [0.4, 0.5) is 29.2 Å². The number of nitrogens with one attached hydrogen (secondary N) is 2. The first-order valence-corrected chi connectivity index (χ1v) is 10.3. The van der Waals surface area contributed by atoms with Crippen LogP contribution in [0.2, 0.25) is 0 Å². The molecule has 0 spiro atoms. The Morgan fingerprint density at radius 3 is 2.43 bits per heavy atom. The molecule has 2 N–H and O–H groups in total. The van der Waals surface area contributed by atoms with Crippen molar-refractivity contribution in [3.63, 3.8) is 0 Å². The lowest BCUT2D eigenvalue weighted by molar-refractivity contribution is -0.144. The van der Waals surface area contributed by atoms with Crippen molar-refractivity contribution in [3.8, 4) is 28.1 Å². The highest BCUT2D eigenvalue weighted by Crippen LogP contribution is 2.29. The number of anilines is 2. The van der Waals surface area contributed by atoms with Crippen LogP contribution < -0.4 is 5.32 Å². The first kappa shape index (κ1) is 22.2. The first-order chi connectivity index (χ1) is 16.8. The quantitative estimate of drug-likeness (QED) is 0.330. The molecule has 3 heterocycles. The molecule has 0 atom stereocenters. The SMILES string of the molecule is Cc1[nH]ncc1-c1cc(F)cc(-c2ccnc(Nc3ccc(-n4cnc(C(F)(F)F)n4)cc3)n2)c1. The fourth-order valence-electron chi connectivity index (χ4n) is 3.46. The molecule has 0 fully saturated rings. The number of benzene rings is 2. The van der Waals surface area contributed by atoms with E-state index < -0.39 is 17.8 Å². The summed E-state index contributed by atoms with van der Waals surface area (Å²) < 4.78 is 53.6. The van der Waals surface area contributed by atoms with Gasteiger partial charge in [-0.2, -0.15) is 18.3 Å². The number of H-pyrrole nitrogens is 1. The fraction of sp³-hybridized carbons (Fsp3) is 0.0870. The number of alkyl halides is 3. The summed E-state index contributed by atoms with van der Waals surface area (Å²) in [6.45, 7) is 1.85. The molecule has 0 radical (unpaired) electrons. The van der Waals surface area contributed by atoms with Crippen LogP contribution >= 0.6 is 0 Å². The van der Waals surface area contributed by atoms with E-state index in [0.717, 1.165) is 22.3 Å². The summed E-state index contributed by atoms with van der Waals surface area (Å²) in [5, 5.41) is 13.3. The van der Waals surface area contributed by atoms with Gasteiger partial charge in [0.25, 0.3) is 5.82 Å². The van der Waals surface area contributed by atoms with Gasteiger partial charge in [0.1, 0.15) is 12.1 Å². The van der Waals surface area contributed by atoms with Gasteiger partial charge in [-0.1, -0.05) is 0 Å². The van der Waals surface area contributed by atoms with Crippen molar-refractivity contribution >= 4 is 11.6 Å². The lowest BCUT2D eigenvalue weighted by Gasteiger charge is -2.09. The standard InChI is InChI=1S/C23H16F4N8/c1-13-19(11-30-33-13)14-8-15(10-16(24)9-14)20-6-7-28-22(32-20)31-17-2-4-18(5-3-17)35-12-29-21(34-35)23(25,26)27/h2-12H,1H3,(H,30,33)(H,28,31,32). The number of halogens is 4. The van der Waals surface area contributed by atoms with Crippen molar-refractivity contribution in [2.45, 2.75) is 13.1 Å². The second-order valence-electron chi connectivity index (χ2n) is 7.59. The molecule has 0 unspecified atom stereocenters. The maximum Gasteiger partial charge on any atom is 0.453 e. The minimum Gasteiger partial charge on any atom is -0.324 e. The molecule has 0 saturated carbocycles. The third-order valence-electron chi connectivity index (χ3n) is 5.12. The van der Waals surface area contributed by atoms with E-state index >= 15 is 0 Å². The monoisotopic (exact) mass is 480 g/mol. The molecule has 5 rings (SSSR count). The summed E-state index contributed by atoms with van der Waals surface area (Å²) in [7, 11) is 0. The number of hydrogen-bond acceptors (Lipinski definition) is 6. The zero-order valence-corrected chi connectivity index (χ0v) is 18.0. The first-order valence-electron chi connectivity index (χ1n) is 10.3. The summed E-state index contributed by atoms with van der Waals surface area (Å²) in [4.78, 5) is 12.0. The Balaban J connectivity index is 1.37. The van der Waals surface area contributed by atoms with Gasteiger partial charge in [0.05, 0.1) is 17.6 Å². The van der Waals surface area contributed by atoms with E-state index in [0.29, 0.717) is 28.2 Å². The molecule has 0 saturated heterocycles. The third-order valence-corrected chi connectivity index (χ3v) is 5.12. The smallest absolute Gasteiger partial charge is 0.324 e. The normalized spacial score (nSPS) is 11.6. The van der Waals surface area contributed by atoms with Gasteiger partial charge in [-0.25, -0.2) is 24.0 Å². The number of aryl methyl sites for hydroxylation is 1. The van der Waals surface area contributed by atoms with E-state index in [2.05, 4.69) is 35.6 Å². The molecule has 8 nitrogen and oxygen atoms in total. The minimum absolute atomic E-state index is 0.265. The summed E-state index contributed by atoms with van der Waals surface area (Å²) in [5.41, 5.74) is 4.32. The van der Waals surface area contributed by atoms with Gasteiger partial charge in [0.2, 0.25) is 5.95 Å². The summed E-state index contributed by atoms with van der Waals surface area (Å²) in [6.07, 6.45) is -0.445. The molecule has 5 aromatic rings. The molecule has 0 bridgehead atoms. The van der Waals surface area contributed by atoms with Gasteiger partial charge >= 0.3 is 6.18 Å². The molecule has 0 aliphatic heterocycles. The van der Waals surface area contributed by atoms with E-state index in [9.17, 15) is 17.6 Å². The van der Waals surface area contributed by atoms with Gasteiger partial charge in [0.15, 0.2) is 0 Å². The lowest BCUT2D eigenvalue weighted by atomic mass is 10.0. The average Bonchev–Trinajstić information content (AvgIpc) is 3.49. The Labute approximate surface area is 195 Å². The summed E-state index contributed by atoms with van der Waals surface area (Å²) in [5.74, 6) is -1.36. The lowest BCUT2D eigenvalue weighted by Crippen LogP contribution is -2.08. The molecule has 176 valence electrons. The van der Waals surface area contributed by atoms with Crippen LogP contribution in [0.1, 0.15) is 11.5 Å². The predicted molar refractivity (Wildman–Crippen MR) is 119 cm³/mol. The second-order valence-corrected chi connectivity index (χ2v) is 7.59. The van der Waals surface area contributed by atoms with Crippen molar-refractivity contribution in [1.29, 1.82) is 0 Å². The number of aromatic nitrogens is 7. The highest BCUT2D eigenvalue weighted by molar-refractivity contribution is 5.73. The molecule has 0 aliphatic rings. The Kier molecular flexibility index (Phi) is 5.47. The van der Waals surface area contributed by atoms with Crippen LogP contribution in [0.3, 0.4) is 0 Å². The molecular weight excluding hydrogens is 464 g/mol. The summed E-state index contributed by atoms with van der Waals surface area (Å²) in [6, 6.07) is 12.7. The fourth-order valence-corrected chi connectivity index (χ4v) is 3.46. The van der Waals surface area contributed by atoms with Crippen LogP contribution in [0.15, 0.2) is 67.3 Å².